The fourth-order valence-corrected chi connectivity index (χ4v) is 2.01. The van der Waals surface area contributed by atoms with E-state index >= 15 is 0 Å². The van der Waals surface area contributed by atoms with Crippen molar-refractivity contribution < 1.29 is 0 Å². The highest BCUT2D eigenvalue weighted by molar-refractivity contribution is 5.30. The zero-order valence-electron chi connectivity index (χ0n) is 10.8. The van der Waals surface area contributed by atoms with Crippen molar-refractivity contribution in [3.8, 4) is 0 Å². The van der Waals surface area contributed by atoms with Gasteiger partial charge in [-0.15, -0.1) is 0 Å². The lowest BCUT2D eigenvalue weighted by Crippen LogP contribution is -2.04. The average Bonchev–Trinajstić information content (AvgIpc) is 2.72. The molecule has 0 unspecified atom stereocenters. The normalized spacial score (nSPS) is 10.8. The molecule has 1 aromatic carbocycles. The Morgan fingerprint density at radius 2 is 1.88 bits per heavy atom. The molecule has 0 spiro atoms. The highest BCUT2D eigenvalue weighted by Gasteiger charge is 1.99. The van der Waals surface area contributed by atoms with Gasteiger partial charge in [-0.25, -0.2) is 0 Å². The lowest BCUT2D eigenvalue weighted by Gasteiger charge is -2.06. The molecule has 1 heterocycles. The first-order valence-electron chi connectivity index (χ1n) is 6.04. The molecular formula is C15H20N2. The third-order valence-electron chi connectivity index (χ3n) is 3.13. The number of nitrogens with one attached hydrogen (secondary N) is 1. The number of hydrogen-bond donors (Lipinski definition) is 1. The molecule has 17 heavy (non-hydrogen) atoms. The van der Waals surface area contributed by atoms with Crippen LogP contribution in [0.4, 0.5) is 0 Å². The molecule has 0 fully saturated rings. The highest BCUT2D eigenvalue weighted by Crippen LogP contribution is 2.12. The van der Waals surface area contributed by atoms with Crippen LogP contribution in [0.5, 0.6) is 0 Å². The predicted molar refractivity (Wildman–Crippen MR) is 72.2 cm³/mol. The van der Waals surface area contributed by atoms with E-state index in [4.69, 9.17) is 0 Å². The number of benzene rings is 1. The Bertz CT molecular complexity index is 497. The molecule has 0 bridgehead atoms. The molecular weight excluding hydrogens is 208 g/mol. The predicted octanol–water partition coefficient (Wildman–Crippen LogP) is 2.87. The van der Waals surface area contributed by atoms with Crippen LogP contribution in [0.2, 0.25) is 0 Å². The molecule has 0 aliphatic heterocycles. The Balaban J connectivity index is 2.11. The molecule has 1 N–H and O–H groups in total. The van der Waals surface area contributed by atoms with Gasteiger partial charge in [0.05, 0.1) is 0 Å². The van der Waals surface area contributed by atoms with Crippen LogP contribution in [-0.2, 0) is 13.1 Å². The summed E-state index contributed by atoms with van der Waals surface area (Å²) in [6.45, 7) is 6.20. The van der Waals surface area contributed by atoms with Crippen LogP contribution in [-0.4, -0.2) is 11.6 Å². The Morgan fingerprint density at radius 3 is 2.59 bits per heavy atom. The van der Waals surface area contributed by atoms with Crippen molar-refractivity contribution >= 4 is 0 Å². The van der Waals surface area contributed by atoms with Gasteiger partial charge in [0.1, 0.15) is 0 Å². The SMILES string of the molecule is CNCc1ccn(Cc2ccc(C)c(C)c2)c1. The monoisotopic (exact) mass is 228 g/mol. The van der Waals surface area contributed by atoms with Gasteiger partial charge in [-0.3, -0.25) is 0 Å². The van der Waals surface area contributed by atoms with Gasteiger partial charge in [0.25, 0.3) is 0 Å². The third kappa shape index (κ3) is 2.98. The van der Waals surface area contributed by atoms with Gasteiger partial charge in [0, 0.05) is 25.5 Å². The second kappa shape index (κ2) is 5.19. The van der Waals surface area contributed by atoms with Gasteiger partial charge in [-0.05, 0) is 49.2 Å². The topological polar surface area (TPSA) is 17.0 Å². The van der Waals surface area contributed by atoms with Crippen LogP contribution < -0.4 is 5.32 Å². The zero-order valence-corrected chi connectivity index (χ0v) is 10.8. The first kappa shape index (κ1) is 11.9. The lowest BCUT2D eigenvalue weighted by molar-refractivity contribution is 0.782. The van der Waals surface area contributed by atoms with E-state index < -0.39 is 0 Å². The van der Waals surface area contributed by atoms with Gasteiger partial charge in [0.15, 0.2) is 0 Å². The van der Waals surface area contributed by atoms with E-state index in [9.17, 15) is 0 Å². The first-order chi connectivity index (χ1) is 8.19. The van der Waals surface area contributed by atoms with Crippen molar-refractivity contribution in [2.45, 2.75) is 26.9 Å². The molecule has 0 amide bonds. The summed E-state index contributed by atoms with van der Waals surface area (Å²) in [5.41, 5.74) is 5.42. The van der Waals surface area contributed by atoms with Gasteiger partial charge >= 0.3 is 0 Å². The lowest BCUT2D eigenvalue weighted by atomic mass is 10.1. The molecule has 2 heteroatoms. The van der Waals surface area contributed by atoms with Crippen LogP contribution >= 0.6 is 0 Å². The van der Waals surface area contributed by atoms with Crippen molar-refractivity contribution in [3.63, 3.8) is 0 Å². The number of hydrogen-bond acceptors (Lipinski definition) is 1. The van der Waals surface area contributed by atoms with Crippen molar-refractivity contribution in [2.24, 2.45) is 0 Å². The largest absolute Gasteiger partial charge is 0.350 e. The van der Waals surface area contributed by atoms with Crippen LogP contribution in [0.25, 0.3) is 0 Å². The van der Waals surface area contributed by atoms with Crippen molar-refractivity contribution in [3.05, 3.63) is 58.9 Å². The van der Waals surface area contributed by atoms with E-state index in [0.29, 0.717) is 0 Å². The summed E-state index contributed by atoms with van der Waals surface area (Å²) in [5, 5.41) is 3.16. The maximum atomic E-state index is 3.16. The van der Waals surface area contributed by atoms with Gasteiger partial charge in [-0.2, -0.15) is 0 Å². The zero-order chi connectivity index (χ0) is 12.3. The van der Waals surface area contributed by atoms with Crippen LogP contribution in [0.15, 0.2) is 36.7 Å². The Kier molecular flexibility index (Phi) is 3.64. The first-order valence-corrected chi connectivity index (χ1v) is 6.04. The van der Waals surface area contributed by atoms with E-state index in [1.54, 1.807) is 0 Å². The minimum atomic E-state index is 0.930. The number of nitrogens with zero attached hydrogens (tertiary/aromatic N) is 1. The van der Waals surface area contributed by atoms with E-state index in [0.717, 1.165) is 13.1 Å². The quantitative estimate of drug-likeness (QED) is 0.851. The number of aromatic nitrogens is 1. The van der Waals surface area contributed by atoms with Crippen molar-refractivity contribution in [1.29, 1.82) is 0 Å². The summed E-state index contributed by atoms with van der Waals surface area (Å²) in [7, 11) is 1.97. The minimum absolute atomic E-state index is 0.930. The van der Waals surface area contributed by atoms with Crippen LogP contribution in [0.3, 0.4) is 0 Å². The van der Waals surface area contributed by atoms with Crippen molar-refractivity contribution in [2.75, 3.05) is 7.05 Å². The molecule has 2 rings (SSSR count). The van der Waals surface area contributed by atoms with Crippen molar-refractivity contribution in [1.82, 2.24) is 9.88 Å². The second-order valence-electron chi connectivity index (χ2n) is 4.64. The maximum absolute atomic E-state index is 3.16. The smallest absolute Gasteiger partial charge is 0.0470 e. The van der Waals surface area contributed by atoms with Crippen LogP contribution in [0.1, 0.15) is 22.3 Å². The molecule has 0 radical (unpaired) electrons. The molecule has 1 aromatic heterocycles. The molecule has 0 atom stereocenters. The second-order valence-corrected chi connectivity index (χ2v) is 4.64. The molecule has 0 aliphatic rings. The fraction of sp³-hybridized carbons (Fsp3) is 0.333. The summed E-state index contributed by atoms with van der Waals surface area (Å²) in [4.78, 5) is 0. The van der Waals surface area contributed by atoms with Gasteiger partial charge in [0.2, 0.25) is 0 Å². The minimum Gasteiger partial charge on any atom is -0.350 e. The summed E-state index contributed by atoms with van der Waals surface area (Å²) in [5.74, 6) is 0. The summed E-state index contributed by atoms with van der Waals surface area (Å²) < 4.78 is 2.23. The third-order valence-corrected chi connectivity index (χ3v) is 3.13. The Hall–Kier alpha value is -1.54. The maximum Gasteiger partial charge on any atom is 0.0470 e. The van der Waals surface area contributed by atoms with Gasteiger partial charge in [-0.1, -0.05) is 18.2 Å². The summed E-state index contributed by atoms with van der Waals surface area (Å²) >= 11 is 0. The average molecular weight is 228 g/mol. The molecule has 0 saturated heterocycles. The Labute approximate surface area is 103 Å². The summed E-state index contributed by atoms with van der Waals surface area (Å²) in [6.07, 6.45) is 4.34. The van der Waals surface area contributed by atoms with Gasteiger partial charge < -0.3 is 9.88 Å². The highest BCUT2D eigenvalue weighted by atomic mass is 14.9. The molecule has 2 nitrogen and oxygen atoms in total. The van der Waals surface area contributed by atoms with E-state index in [2.05, 4.69) is 60.4 Å². The Morgan fingerprint density at radius 1 is 1.06 bits per heavy atom. The number of rotatable bonds is 4. The molecule has 2 aromatic rings. The standard InChI is InChI=1S/C15H20N2/c1-12-4-5-14(8-13(12)2)10-17-7-6-15(11-17)9-16-3/h4-8,11,16H,9-10H2,1-3H3. The van der Waals surface area contributed by atoms with Crippen LogP contribution in [0, 0.1) is 13.8 Å². The molecule has 0 saturated carbocycles. The molecule has 90 valence electrons. The number of aryl methyl sites for hydroxylation is 2. The fourth-order valence-electron chi connectivity index (χ4n) is 2.01. The molecule has 0 aliphatic carbocycles. The van der Waals surface area contributed by atoms with E-state index in [1.807, 2.05) is 7.05 Å². The van der Waals surface area contributed by atoms with E-state index in [1.165, 1.54) is 22.3 Å². The van der Waals surface area contributed by atoms with E-state index in [-0.39, 0.29) is 0 Å². The summed E-state index contributed by atoms with van der Waals surface area (Å²) in [6, 6.07) is 8.84.